The fourth-order valence-corrected chi connectivity index (χ4v) is 2.66. The lowest BCUT2D eigenvalue weighted by Gasteiger charge is -2.61. The van der Waals surface area contributed by atoms with Crippen molar-refractivity contribution in [2.24, 2.45) is 5.41 Å². The minimum absolute atomic E-state index is 0.0531. The van der Waals surface area contributed by atoms with Crippen molar-refractivity contribution in [2.45, 2.75) is 45.5 Å². The van der Waals surface area contributed by atoms with Crippen molar-refractivity contribution in [1.29, 1.82) is 0 Å². The van der Waals surface area contributed by atoms with E-state index in [1.165, 1.54) is 5.56 Å². The number of hydrogen-bond acceptors (Lipinski definition) is 2. The fourth-order valence-electron chi connectivity index (χ4n) is 2.66. The molecule has 3 atom stereocenters. The van der Waals surface area contributed by atoms with E-state index >= 15 is 0 Å². The Hall–Kier alpha value is -0.860. The highest BCUT2D eigenvalue weighted by Crippen LogP contribution is 2.56. The number of ether oxygens (including phenoxy) is 1. The van der Waals surface area contributed by atoms with Crippen molar-refractivity contribution in [3.05, 3.63) is 35.9 Å². The van der Waals surface area contributed by atoms with Gasteiger partial charge in [0.1, 0.15) is 0 Å². The fraction of sp³-hybridized carbons (Fsp3) is 0.571. The molecule has 0 aliphatic carbocycles. The van der Waals surface area contributed by atoms with Crippen LogP contribution in [0.5, 0.6) is 0 Å². The summed E-state index contributed by atoms with van der Waals surface area (Å²) in [4.78, 5) is 0. The van der Waals surface area contributed by atoms with E-state index in [2.05, 4.69) is 32.9 Å². The van der Waals surface area contributed by atoms with E-state index in [4.69, 9.17) is 4.74 Å². The maximum absolute atomic E-state index is 9.66. The van der Waals surface area contributed by atoms with Gasteiger partial charge in [0, 0.05) is 5.41 Å². The summed E-state index contributed by atoms with van der Waals surface area (Å²) >= 11 is 0. The topological polar surface area (TPSA) is 29.5 Å². The first-order valence-electron chi connectivity index (χ1n) is 5.81. The first kappa shape index (κ1) is 11.6. The van der Waals surface area contributed by atoms with Gasteiger partial charge in [-0.05, 0) is 19.4 Å². The largest absolute Gasteiger partial charge is 0.391 e. The predicted octanol–water partition coefficient (Wildman–Crippen LogP) is 2.71. The van der Waals surface area contributed by atoms with Gasteiger partial charge < -0.3 is 9.84 Å². The Balaban J connectivity index is 2.31. The normalized spacial score (nSPS) is 34.2. The van der Waals surface area contributed by atoms with Crippen LogP contribution < -0.4 is 0 Å². The van der Waals surface area contributed by atoms with Crippen LogP contribution >= 0.6 is 0 Å². The molecule has 0 amide bonds. The van der Waals surface area contributed by atoms with Gasteiger partial charge >= 0.3 is 0 Å². The van der Waals surface area contributed by atoms with E-state index in [1.54, 1.807) is 6.92 Å². The Morgan fingerprint density at radius 2 is 1.75 bits per heavy atom. The van der Waals surface area contributed by atoms with E-state index in [9.17, 15) is 5.11 Å². The average molecular weight is 220 g/mol. The third kappa shape index (κ3) is 1.40. The molecule has 1 aliphatic heterocycles. The summed E-state index contributed by atoms with van der Waals surface area (Å²) in [5.41, 5.74) is 0.829. The molecule has 1 saturated heterocycles. The summed E-state index contributed by atoms with van der Waals surface area (Å²) in [7, 11) is 0. The van der Waals surface area contributed by atoms with E-state index in [0.29, 0.717) is 0 Å². The summed E-state index contributed by atoms with van der Waals surface area (Å²) in [6.07, 6.45) is -0.510. The van der Waals surface area contributed by atoms with Crippen LogP contribution in [0.3, 0.4) is 0 Å². The van der Waals surface area contributed by atoms with Crippen LogP contribution in [0, 0.1) is 5.41 Å². The zero-order valence-electron chi connectivity index (χ0n) is 10.4. The minimum atomic E-state index is -0.424. The number of rotatable bonds is 2. The molecule has 1 N–H and O–H groups in total. The predicted molar refractivity (Wildman–Crippen MR) is 64.1 cm³/mol. The molecule has 0 radical (unpaired) electrons. The maximum Gasteiger partial charge on any atom is 0.0985 e. The van der Waals surface area contributed by atoms with Crippen molar-refractivity contribution in [3.8, 4) is 0 Å². The van der Waals surface area contributed by atoms with Gasteiger partial charge in [-0.2, -0.15) is 0 Å². The second-order valence-electron chi connectivity index (χ2n) is 5.40. The maximum atomic E-state index is 9.66. The number of aliphatic hydroxyl groups excluding tert-OH is 1. The molecule has 1 fully saturated rings. The molecule has 0 spiro atoms. The molecule has 0 unspecified atom stereocenters. The average Bonchev–Trinajstić information content (AvgIpc) is 2.26. The molecule has 16 heavy (non-hydrogen) atoms. The van der Waals surface area contributed by atoms with E-state index < -0.39 is 6.10 Å². The molecule has 1 aromatic rings. The van der Waals surface area contributed by atoms with Crippen LogP contribution in [0.1, 0.15) is 33.3 Å². The minimum Gasteiger partial charge on any atom is -0.391 e. The van der Waals surface area contributed by atoms with Crippen molar-refractivity contribution in [3.63, 3.8) is 0 Å². The molecule has 1 aliphatic rings. The zero-order valence-corrected chi connectivity index (χ0v) is 10.4. The highest BCUT2D eigenvalue weighted by molar-refractivity contribution is 5.28. The molecular weight excluding hydrogens is 200 g/mol. The second kappa shape index (κ2) is 3.57. The van der Waals surface area contributed by atoms with Crippen LogP contribution in [-0.4, -0.2) is 17.3 Å². The molecule has 1 aromatic carbocycles. The number of benzene rings is 1. The highest BCUT2D eigenvalue weighted by atomic mass is 16.6. The third-order valence-electron chi connectivity index (χ3n) is 4.07. The molecule has 0 saturated carbocycles. The summed E-state index contributed by atoms with van der Waals surface area (Å²) in [6.45, 7) is 8.19. The smallest absolute Gasteiger partial charge is 0.0985 e. The van der Waals surface area contributed by atoms with Gasteiger partial charge in [-0.3, -0.25) is 0 Å². The summed E-state index contributed by atoms with van der Waals surface area (Å²) in [5.74, 6) is 0. The van der Waals surface area contributed by atoms with Crippen molar-refractivity contribution >= 4 is 0 Å². The Labute approximate surface area is 97.3 Å². The molecule has 2 nitrogen and oxygen atoms in total. The van der Waals surface area contributed by atoms with Crippen LogP contribution in [0.2, 0.25) is 0 Å². The highest BCUT2D eigenvalue weighted by Gasteiger charge is 2.60. The van der Waals surface area contributed by atoms with Crippen molar-refractivity contribution < 1.29 is 9.84 Å². The molecule has 2 rings (SSSR count). The van der Waals surface area contributed by atoms with Gasteiger partial charge in [-0.1, -0.05) is 44.2 Å². The second-order valence-corrected chi connectivity index (χ2v) is 5.40. The lowest BCUT2D eigenvalue weighted by Crippen LogP contribution is -2.65. The molecule has 0 aromatic heterocycles. The standard InChI is InChI=1S/C14H20O2/c1-10(15)12-13(2,3)14(4,16-12)11-8-6-5-7-9-11/h5-10,12,15H,1-4H3/t10-,12+,14-/m1/s1. The quantitative estimate of drug-likeness (QED) is 0.830. The van der Waals surface area contributed by atoms with E-state index in [1.807, 2.05) is 18.2 Å². The molecule has 0 bridgehead atoms. The summed E-state index contributed by atoms with van der Waals surface area (Å²) < 4.78 is 5.94. The molecule has 2 heteroatoms. The van der Waals surface area contributed by atoms with Crippen molar-refractivity contribution in [2.75, 3.05) is 0 Å². The van der Waals surface area contributed by atoms with E-state index in [0.717, 1.165) is 0 Å². The third-order valence-corrected chi connectivity index (χ3v) is 4.07. The van der Waals surface area contributed by atoms with E-state index in [-0.39, 0.29) is 17.1 Å². The van der Waals surface area contributed by atoms with Crippen LogP contribution in [0.25, 0.3) is 0 Å². The van der Waals surface area contributed by atoms with Gasteiger partial charge in [0.05, 0.1) is 17.8 Å². The van der Waals surface area contributed by atoms with Gasteiger partial charge in [-0.15, -0.1) is 0 Å². The van der Waals surface area contributed by atoms with Crippen molar-refractivity contribution in [1.82, 2.24) is 0 Å². The zero-order chi connectivity index (χ0) is 12.0. The Bertz CT molecular complexity index is 370. The molecule has 88 valence electrons. The van der Waals surface area contributed by atoms with Crippen LogP contribution in [0.4, 0.5) is 0 Å². The Kier molecular flexibility index (Phi) is 2.59. The molecule has 1 heterocycles. The lowest BCUT2D eigenvalue weighted by molar-refractivity contribution is -0.329. The van der Waals surface area contributed by atoms with Gasteiger partial charge in [0.2, 0.25) is 0 Å². The SMILES string of the molecule is C[C@@H](O)[C@@H]1O[C@](C)(c2ccccc2)C1(C)C. The summed E-state index contributed by atoms with van der Waals surface area (Å²) in [5, 5.41) is 9.66. The van der Waals surface area contributed by atoms with Gasteiger partial charge in [-0.25, -0.2) is 0 Å². The van der Waals surface area contributed by atoms with Gasteiger partial charge in [0.25, 0.3) is 0 Å². The number of hydrogen-bond donors (Lipinski definition) is 1. The van der Waals surface area contributed by atoms with Crippen LogP contribution in [0.15, 0.2) is 30.3 Å². The lowest BCUT2D eigenvalue weighted by atomic mass is 9.62. The monoisotopic (exact) mass is 220 g/mol. The number of aliphatic hydroxyl groups is 1. The van der Waals surface area contributed by atoms with Gasteiger partial charge in [0.15, 0.2) is 0 Å². The first-order chi connectivity index (χ1) is 7.39. The molecular formula is C14H20O2. The first-order valence-corrected chi connectivity index (χ1v) is 5.81. The Morgan fingerprint density at radius 3 is 2.19 bits per heavy atom. The summed E-state index contributed by atoms with van der Waals surface area (Å²) in [6, 6.07) is 10.2. The van der Waals surface area contributed by atoms with Crippen LogP contribution in [-0.2, 0) is 10.3 Å². The Morgan fingerprint density at radius 1 is 1.19 bits per heavy atom.